The Kier molecular flexibility index (Phi) is 5.51. The van der Waals surface area contributed by atoms with Crippen LogP contribution in [0.4, 0.5) is 5.69 Å². The highest BCUT2D eigenvalue weighted by atomic mass is 35.5. The molecular weight excluding hydrogens is 312 g/mol. The van der Waals surface area contributed by atoms with Crippen molar-refractivity contribution in [2.24, 2.45) is 5.92 Å². The summed E-state index contributed by atoms with van der Waals surface area (Å²) >= 11 is 5.96. The van der Waals surface area contributed by atoms with E-state index in [-0.39, 0.29) is 0 Å². The van der Waals surface area contributed by atoms with Gasteiger partial charge in [-0.15, -0.1) is 0 Å². The standard InChI is InChI=1S/C18H15ClN2O2/c1-2-12-7-9-13(10-8-12)17(22)14(11-20)18(23)21-16-6-4-3-5-15(16)19/h3-10,14H,2H2,1H3,(H,21,23)/t14-/m1/s1. The van der Waals surface area contributed by atoms with Crippen LogP contribution in [-0.4, -0.2) is 11.7 Å². The van der Waals surface area contributed by atoms with Crippen LogP contribution in [0.25, 0.3) is 0 Å². The summed E-state index contributed by atoms with van der Waals surface area (Å²) in [6.07, 6.45) is 0.850. The fourth-order valence-corrected chi connectivity index (χ4v) is 2.26. The van der Waals surface area contributed by atoms with Gasteiger partial charge < -0.3 is 5.32 Å². The predicted molar refractivity (Wildman–Crippen MR) is 89.3 cm³/mol. The Morgan fingerprint density at radius 1 is 1.17 bits per heavy atom. The molecule has 0 aliphatic heterocycles. The van der Waals surface area contributed by atoms with Gasteiger partial charge in [0.2, 0.25) is 5.91 Å². The molecule has 116 valence electrons. The van der Waals surface area contributed by atoms with E-state index in [1.807, 2.05) is 19.1 Å². The van der Waals surface area contributed by atoms with Crippen molar-refractivity contribution >= 4 is 29.0 Å². The molecule has 23 heavy (non-hydrogen) atoms. The van der Waals surface area contributed by atoms with Crippen LogP contribution in [0.2, 0.25) is 5.02 Å². The Balaban J connectivity index is 2.18. The van der Waals surface area contributed by atoms with Gasteiger partial charge in [-0.1, -0.05) is 54.9 Å². The molecule has 1 atom stereocenters. The smallest absolute Gasteiger partial charge is 0.249 e. The molecule has 5 heteroatoms. The number of nitrogens with one attached hydrogen (secondary N) is 1. The third kappa shape index (κ3) is 3.97. The number of para-hydroxylation sites is 1. The number of nitrogens with zero attached hydrogens (tertiary/aromatic N) is 1. The first kappa shape index (κ1) is 16.7. The zero-order valence-electron chi connectivity index (χ0n) is 12.5. The van der Waals surface area contributed by atoms with E-state index in [2.05, 4.69) is 5.32 Å². The van der Waals surface area contributed by atoms with E-state index in [1.165, 1.54) is 0 Å². The SMILES string of the molecule is CCc1ccc(C(=O)[C@@H](C#N)C(=O)Nc2ccccc2Cl)cc1. The van der Waals surface area contributed by atoms with Crippen LogP contribution in [0.15, 0.2) is 48.5 Å². The zero-order chi connectivity index (χ0) is 16.8. The summed E-state index contributed by atoms with van der Waals surface area (Å²) in [6, 6.07) is 15.3. The summed E-state index contributed by atoms with van der Waals surface area (Å²) in [4.78, 5) is 24.6. The molecule has 0 radical (unpaired) electrons. The number of halogens is 1. The Morgan fingerprint density at radius 2 is 1.83 bits per heavy atom. The van der Waals surface area contributed by atoms with Crippen LogP contribution in [-0.2, 0) is 11.2 Å². The number of benzene rings is 2. The first-order valence-electron chi connectivity index (χ1n) is 7.15. The normalized spacial score (nSPS) is 11.3. The van der Waals surface area contributed by atoms with Crippen LogP contribution < -0.4 is 5.32 Å². The van der Waals surface area contributed by atoms with Gasteiger partial charge in [0.1, 0.15) is 0 Å². The van der Waals surface area contributed by atoms with Gasteiger partial charge in [-0.2, -0.15) is 5.26 Å². The molecule has 0 saturated carbocycles. The largest absolute Gasteiger partial charge is 0.323 e. The van der Waals surface area contributed by atoms with E-state index in [4.69, 9.17) is 11.6 Å². The Hall–Kier alpha value is -2.64. The molecule has 0 unspecified atom stereocenters. The Labute approximate surface area is 139 Å². The van der Waals surface area contributed by atoms with Gasteiger partial charge in [-0.05, 0) is 24.1 Å². The van der Waals surface area contributed by atoms with Gasteiger partial charge >= 0.3 is 0 Å². The molecule has 2 aromatic carbocycles. The number of carbonyl (C=O) groups excluding carboxylic acids is 2. The molecule has 0 spiro atoms. The third-order valence-electron chi connectivity index (χ3n) is 3.43. The zero-order valence-corrected chi connectivity index (χ0v) is 13.3. The number of nitriles is 1. The number of amides is 1. The molecule has 1 amide bonds. The van der Waals surface area contributed by atoms with Crippen molar-refractivity contribution in [3.05, 3.63) is 64.7 Å². The number of aryl methyl sites for hydroxylation is 1. The van der Waals surface area contributed by atoms with Gasteiger partial charge in [-0.25, -0.2) is 0 Å². The van der Waals surface area contributed by atoms with Crippen molar-refractivity contribution < 1.29 is 9.59 Å². The van der Waals surface area contributed by atoms with Crippen molar-refractivity contribution in [2.75, 3.05) is 5.32 Å². The van der Waals surface area contributed by atoms with E-state index in [9.17, 15) is 14.9 Å². The fraction of sp³-hybridized carbons (Fsp3) is 0.167. The fourth-order valence-electron chi connectivity index (χ4n) is 2.08. The molecule has 0 heterocycles. The molecule has 2 aromatic rings. The molecule has 0 bridgehead atoms. The van der Waals surface area contributed by atoms with E-state index in [0.717, 1.165) is 12.0 Å². The average Bonchev–Trinajstić information content (AvgIpc) is 2.57. The number of Topliss-reactive ketones (excluding diaryl/α,β-unsaturated/α-hetero) is 1. The lowest BCUT2D eigenvalue weighted by Crippen LogP contribution is -2.28. The Morgan fingerprint density at radius 3 is 2.39 bits per heavy atom. The van der Waals surface area contributed by atoms with Gasteiger partial charge in [0.25, 0.3) is 0 Å². The number of hydrogen-bond acceptors (Lipinski definition) is 3. The lowest BCUT2D eigenvalue weighted by molar-refractivity contribution is -0.117. The number of anilines is 1. The lowest BCUT2D eigenvalue weighted by Gasteiger charge is -2.11. The Bertz CT molecular complexity index is 763. The van der Waals surface area contributed by atoms with Gasteiger partial charge in [0.05, 0.1) is 16.8 Å². The molecule has 0 aromatic heterocycles. The number of hydrogen-bond donors (Lipinski definition) is 1. The topological polar surface area (TPSA) is 70.0 Å². The number of rotatable bonds is 5. The van der Waals surface area contributed by atoms with Crippen LogP contribution >= 0.6 is 11.6 Å². The van der Waals surface area contributed by atoms with Crippen LogP contribution in [0.5, 0.6) is 0 Å². The molecule has 2 rings (SSSR count). The maximum atomic E-state index is 12.4. The second-order valence-electron chi connectivity index (χ2n) is 4.95. The second-order valence-corrected chi connectivity index (χ2v) is 5.35. The minimum absolute atomic E-state index is 0.336. The van der Waals surface area contributed by atoms with Gasteiger partial charge in [-0.3, -0.25) is 9.59 Å². The van der Waals surface area contributed by atoms with Crippen molar-refractivity contribution in [3.8, 4) is 6.07 Å². The summed E-state index contributed by atoms with van der Waals surface area (Å²) < 4.78 is 0. The van der Waals surface area contributed by atoms with Crippen molar-refractivity contribution in [3.63, 3.8) is 0 Å². The lowest BCUT2D eigenvalue weighted by atomic mass is 9.97. The van der Waals surface area contributed by atoms with Crippen LogP contribution in [0.1, 0.15) is 22.8 Å². The molecule has 0 aliphatic carbocycles. The molecule has 0 fully saturated rings. The van der Waals surface area contributed by atoms with Crippen LogP contribution in [0, 0.1) is 17.2 Å². The summed E-state index contributed by atoms with van der Waals surface area (Å²) in [5.41, 5.74) is 1.78. The third-order valence-corrected chi connectivity index (χ3v) is 3.76. The average molecular weight is 327 g/mol. The summed E-state index contributed by atoms with van der Waals surface area (Å²) in [5.74, 6) is -2.64. The summed E-state index contributed by atoms with van der Waals surface area (Å²) in [6.45, 7) is 2.01. The van der Waals surface area contributed by atoms with Crippen molar-refractivity contribution in [2.45, 2.75) is 13.3 Å². The van der Waals surface area contributed by atoms with Crippen molar-refractivity contribution in [1.29, 1.82) is 5.26 Å². The van der Waals surface area contributed by atoms with Gasteiger partial charge in [0.15, 0.2) is 11.7 Å². The quantitative estimate of drug-likeness (QED) is 0.670. The number of carbonyl (C=O) groups is 2. The minimum atomic E-state index is -1.42. The van der Waals surface area contributed by atoms with Crippen molar-refractivity contribution in [1.82, 2.24) is 0 Å². The van der Waals surface area contributed by atoms with E-state index < -0.39 is 17.6 Å². The first-order valence-corrected chi connectivity index (χ1v) is 7.52. The first-order chi connectivity index (χ1) is 11.1. The highest BCUT2D eigenvalue weighted by molar-refractivity contribution is 6.34. The summed E-state index contributed by atoms with van der Waals surface area (Å²) in [5, 5.41) is 12.1. The molecule has 0 aliphatic rings. The maximum Gasteiger partial charge on any atom is 0.249 e. The van der Waals surface area contributed by atoms with Gasteiger partial charge in [0, 0.05) is 5.56 Å². The maximum absolute atomic E-state index is 12.4. The number of ketones is 1. The molecule has 1 N–H and O–H groups in total. The van der Waals surface area contributed by atoms with Crippen LogP contribution in [0.3, 0.4) is 0 Å². The highest BCUT2D eigenvalue weighted by Crippen LogP contribution is 2.21. The predicted octanol–water partition coefficient (Wildman–Crippen LogP) is 3.86. The monoisotopic (exact) mass is 326 g/mol. The molecule has 4 nitrogen and oxygen atoms in total. The minimum Gasteiger partial charge on any atom is -0.323 e. The van der Waals surface area contributed by atoms with E-state index in [1.54, 1.807) is 42.5 Å². The molecule has 0 saturated heterocycles. The second kappa shape index (κ2) is 7.57. The van der Waals surface area contributed by atoms with E-state index in [0.29, 0.717) is 16.3 Å². The summed E-state index contributed by atoms with van der Waals surface area (Å²) in [7, 11) is 0. The highest BCUT2D eigenvalue weighted by Gasteiger charge is 2.27. The molecular formula is C18H15ClN2O2. The van der Waals surface area contributed by atoms with E-state index >= 15 is 0 Å².